The standard InChI is InChI=1S/C20H29BrN6O3S/c1-14(13-28)24-19-18(21)12-22-20(26-19)25-15-5-3-7-17(11-15)31(29,30)23-9-8-16-6-4-10-27(16)2/h3,5,7,11-12,14,16,23,28H,4,6,8-10,13H2,1-2H3,(H2,22,24,25,26)/t14-,16?/m1/s1. The molecule has 3 rings (SSSR count). The Kier molecular flexibility index (Phi) is 8.23. The number of rotatable bonds is 10. The summed E-state index contributed by atoms with van der Waals surface area (Å²) < 4.78 is 28.8. The van der Waals surface area contributed by atoms with Crippen molar-refractivity contribution in [3.8, 4) is 0 Å². The number of halogens is 1. The van der Waals surface area contributed by atoms with Gasteiger partial charge in [0.15, 0.2) is 0 Å². The Morgan fingerprint density at radius 3 is 2.90 bits per heavy atom. The molecule has 2 aromatic rings. The Labute approximate surface area is 191 Å². The van der Waals surface area contributed by atoms with Gasteiger partial charge in [-0.05, 0) is 73.9 Å². The van der Waals surface area contributed by atoms with Crippen LogP contribution in [-0.2, 0) is 10.0 Å². The van der Waals surface area contributed by atoms with Crippen molar-refractivity contribution in [2.75, 3.05) is 37.4 Å². The van der Waals surface area contributed by atoms with Crippen molar-refractivity contribution < 1.29 is 13.5 Å². The first-order chi connectivity index (χ1) is 14.8. The number of nitrogens with one attached hydrogen (secondary N) is 3. The van der Waals surface area contributed by atoms with Crippen molar-refractivity contribution in [3.05, 3.63) is 34.9 Å². The van der Waals surface area contributed by atoms with Crippen LogP contribution < -0.4 is 15.4 Å². The third-order valence-electron chi connectivity index (χ3n) is 5.24. The molecule has 4 N–H and O–H groups in total. The van der Waals surface area contributed by atoms with Gasteiger partial charge in [0.05, 0.1) is 16.0 Å². The van der Waals surface area contributed by atoms with Crippen molar-refractivity contribution in [1.29, 1.82) is 0 Å². The van der Waals surface area contributed by atoms with Gasteiger partial charge >= 0.3 is 0 Å². The third kappa shape index (κ3) is 6.59. The van der Waals surface area contributed by atoms with E-state index < -0.39 is 10.0 Å². The molecular weight excluding hydrogens is 484 g/mol. The summed E-state index contributed by atoms with van der Waals surface area (Å²) in [6.45, 7) is 3.26. The molecule has 11 heteroatoms. The highest BCUT2D eigenvalue weighted by atomic mass is 79.9. The monoisotopic (exact) mass is 512 g/mol. The van der Waals surface area contributed by atoms with Gasteiger partial charge in [-0.3, -0.25) is 0 Å². The average Bonchev–Trinajstić information content (AvgIpc) is 3.15. The van der Waals surface area contributed by atoms with Gasteiger partial charge in [-0.2, -0.15) is 4.98 Å². The maximum absolute atomic E-state index is 12.7. The molecule has 0 aliphatic carbocycles. The third-order valence-corrected chi connectivity index (χ3v) is 7.28. The van der Waals surface area contributed by atoms with Gasteiger partial charge in [0.2, 0.25) is 16.0 Å². The van der Waals surface area contributed by atoms with Crippen LogP contribution >= 0.6 is 15.9 Å². The van der Waals surface area contributed by atoms with E-state index in [4.69, 9.17) is 0 Å². The van der Waals surface area contributed by atoms with Crippen LogP contribution in [0.15, 0.2) is 39.8 Å². The summed E-state index contributed by atoms with van der Waals surface area (Å²) >= 11 is 3.38. The lowest BCUT2D eigenvalue weighted by Crippen LogP contribution is -2.31. The summed E-state index contributed by atoms with van der Waals surface area (Å²) in [5.74, 6) is 0.837. The highest BCUT2D eigenvalue weighted by molar-refractivity contribution is 9.10. The van der Waals surface area contributed by atoms with E-state index in [-0.39, 0.29) is 17.5 Å². The zero-order valence-corrected chi connectivity index (χ0v) is 20.1. The zero-order chi connectivity index (χ0) is 22.4. The molecule has 2 heterocycles. The van der Waals surface area contributed by atoms with Gasteiger partial charge in [0.1, 0.15) is 5.82 Å². The minimum absolute atomic E-state index is 0.0385. The molecular formula is C20H29BrN6O3S. The number of anilines is 3. The van der Waals surface area contributed by atoms with Crippen LogP contribution in [0.2, 0.25) is 0 Å². The van der Waals surface area contributed by atoms with E-state index in [1.807, 2.05) is 6.92 Å². The van der Waals surface area contributed by atoms with Crippen LogP contribution in [-0.4, -0.2) is 67.2 Å². The van der Waals surface area contributed by atoms with Crippen LogP contribution in [0.25, 0.3) is 0 Å². The van der Waals surface area contributed by atoms with E-state index >= 15 is 0 Å². The second-order valence-corrected chi connectivity index (χ2v) is 10.4. The summed E-state index contributed by atoms with van der Waals surface area (Å²) in [7, 11) is -1.54. The normalized spacial score (nSPS) is 18.1. The highest BCUT2D eigenvalue weighted by Gasteiger charge is 2.21. The molecule has 0 radical (unpaired) electrons. The lowest BCUT2D eigenvalue weighted by molar-refractivity contribution is 0.281. The Morgan fingerprint density at radius 1 is 1.39 bits per heavy atom. The maximum atomic E-state index is 12.7. The summed E-state index contributed by atoms with van der Waals surface area (Å²) in [4.78, 5) is 11.1. The van der Waals surface area contributed by atoms with Gasteiger partial charge in [0, 0.05) is 30.5 Å². The summed E-state index contributed by atoms with van der Waals surface area (Å²) in [5.41, 5.74) is 0.557. The van der Waals surface area contributed by atoms with Gasteiger partial charge in [0.25, 0.3) is 0 Å². The van der Waals surface area contributed by atoms with Gasteiger partial charge in [-0.15, -0.1) is 0 Å². The quantitative estimate of drug-likeness (QED) is 0.383. The van der Waals surface area contributed by atoms with Crippen LogP contribution in [0, 0.1) is 0 Å². The molecule has 0 amide bonds. The summed E-state index contributed by atoms with van der Waals surface area (Å²) in [6.07, 6.45) is 4.65. The lowest BCUT2D eigenvalue weighted by Gasteiger charge is -2.19. The molecule has 0 spiro atoms. The van der Waals surface area contributed by atoms with Gasteiger partial charge in [-0.25, -0.2) is 18.1 Å². The molecule has 170 valence electrons. The number of sulfonamides is 1. The smallest absolute Gasteiger partial charge is 0.240 e. The fourth-order valence-electron chi connectivity index (χ4n) is 3.46. The molecule has 1 aromatic heterocycles. The minimum Gasteiger partial charge on any atom is -0.394 e. The number of nitrogens with zero attached hydrogens (tertiary/aromatic N) is 3. The average molecular weight is 513 g/mol. The largest absolute Gasteiger partial charge is 0.394 e. The van der Waals surface area contributed by atoms with E-state index in [1.165, 1.54) is 0 Å². The first-order valence-corrected chi connectivity index (χ1v) is 12.5. The molecule has 1 saturated heterocycles. The molecule has 31 heavy (non-hydrogen) atoms. The van der Waals surface area contributed by atoms with E-state index in [2.05, 4.69) is 53.2 Å². The molecule has 1 fully saturated rings. The lowest BCUT2D eigenvalue weighted by atomic mass is 10.1. The van der Waals surface area contributed by atoms with Crippen molar-refractivity contribution in [3.63, 3.8) is 0 Å². The van der Waals surface area contributed by atoms with Crippen LogP contribution in [0.5, 0.6) is 0 Å². The fraction of sp³-hybridized carbons (Fsp3) is 0.500. The molecule has 2 atom stereocenters. The minimum atomic E-state index is -3.62. The summed E-state index contributed by atoms with van der Waals surface area (Å²) in [6, 6.07) is 6.80. The predicted octanol–water partition coefficient (Wildman–Crippen LogP) is 2.54. The molecule has 9 nitrogen and oxygen atoms in total. The number of hydrogen-bond acceptors (Lipinski definition) is 8. The van der Waals surface area contributed by atoms with Gasteiger partial charge < -0.3 is 20.6 Å². The number of aliphatic hydroxyl groups excluding tert-OH is 1. The number of aromatic nitrogens is 2. The number of hydrogen-bond donors (Lipinski definition) is 4. The Hall–Kier alpha value is -1.79. The Bertz CT molecular complexity index is 991. The Balaban J connectivity index is 1.66. The van der Waals surface area contributed by atoms with E-state index in [1.54, 1.807) is 30.5 Å². The predicted molar refractivity (Wildman–Crippen MR) is 125 cm³/mol. The first kappa shape index (κ1) is 23.9. The first-order valence-electron chi connectivity index (χ1n) is 10.3. The number of aliphatic hydroxyl groups is 1. The second kappa shape index (κ2) is 10.7. The molecule has 1 unspecified atom stereocenters. The maximum Gasteiger partial charge on any atom is 0.240 e. The molecule has 0 saturated carbocycles. The van der Waals surface area contributed by atoms with Crippen LogP contribution in [0.3, 0.4) is 0 Å². The van der Waals surface area contributed by atoms with Crippen molar-refractivity contribution in [1.82, 2.24) is 19.6 Å². The van der Waals surface area contributed by atoms with E-state index in [9.17, 15) is 13.5 Å². The second-order valence-electron chi connectivity index (χ2n) is 7.73. The van der Waals surface area contributed by atoms with Crippen molar-refractivity contribution >= 4 is 43.4 Å². The van der Waals surface area contributed by atoms with Crippen molar-refractivity contribution in [2.24, 2.45) is 0 Å². The summed E-state index contributed by atoms with van der Waals surface area (Å²) in [5, 5.41) is 15.3. The van der Waals surface area contributed by atoms with Crippen LogP contribution in [0.1, 0.15) is 26.2 Å². The molecule has 1 aliphatic rings. The van der Waals surface area contributed by atoms with Crippen molar-refractivity contribution in [2.45, 2.75) is 43.2 Å². The fourth-order valence-corrected chi connectivity index (χ4v) is 4.86. The number of likely N-dealkylation sites (tertiary alicyclic amines) is 1. The van der Waals surface area contributed by atoms with Gasteiger partial charge in [-0.1, -0.05) is 6.07 Å². The number of benzene rings is 1. The Morgan fingerprint density at radius 2 is 2.19 bits per heavy atom. The highest BCUT2D eigenvalue weighted by Crippen LogP contribution is 2.24. The topological polar surface area (TPSA) is 119 Å². The molecule has 1 aliphatic heterocycles. The van der Waals surface area contributed by atoms with E-state index in [0.717, 1.165) is 25.8 Å². The molecule has 1 aromatic carbocycles. The molecule has 0 bridgehead atoms. The van der Waals surface area contributed by atoms with Crippen LogP contribution in [0.4, 0.5) is 17.5 Å². The zero-order valence-electron chi connectivity index (χ0n) is 17.7. The SMILES string of the molecule is C[C@H](CO)Nc1nc(Nc2cccc(S(=O)(=O)NCCC3CCCN3C)c2)ncc1Br. The van der Waals surface area contributed by atoms with E-state index in [0.29, 0.717) is 34.5 Å².